The van der Waals surface area contributed by atoms with Gasteiger partial charge in [0.2, 0.25) is 5.91 Å². The fraction of sp³-hybridized carbons (Fsp3) is 0.909. The summed E-state index contributed by atoms with van der Waals surface area (Å²) in [4.78, 5) is 13.4. The Hall–Kier alpha value is -0.610. The molecule has 1 atom stereocenters. The van der Waals surface area contributed by atoms with Crippen molar-refractivity contribution in [3.05, 3.63) is 0 Å². The lowest BCUT2D eigenvalue weighted by molar-refractivity contribution is -0.138. The minimum atomic E-state index is 0.102. The molecule has 0 unspecified atom stereocenters. The zero-order valence-electron chi connectivity index (χ0n) is 9.79. The van der Waals surface area contributed by atoms with Gasteiger partial charge in [0.25, 0.3) is 0 Å². The van der Waals surface area contributed by atoms with Gasteiger partial charge < -0.3 is 15.0 Å². The molecule has 0 aromatic rings. The van der Waals surface area contributed by atoms with E-state index in [2.05, 4.69) is 5.32 Å². The molecule has 0 bridgehead atoms. The van der Waals surface area contributed by atoms with Gasteiger partial charge in [0.1, 0.15) is 6.61 Å². The summed E-state index contributed by atoms with van der Waals surface area (Å²) in [5.74, 6) is 0.102. The van der Waals surface area contributed by atoms with Crippen LogP contribution in [0.5, 0.6) is 0 Å². The lowest BCUT2D eigenvalue weighted by atomic mass is 10.1. The average molecular weight is 214 g/mol. The topological polar surface area (TPSA) is 41.6 Å². The number of rotatable bonds is 5. The summed E-state index contributed by atoms with van der Waals surface area (Å²) in [6.07, 6.45) is 2.43. The minimum absolute atomic E-state index is 0.102. The summed E-state index contributed by atoms with van der Waals surface area (Å²) in [6, 6.07) is 0. The van der Waals surface area contributed by atoms with Crippen LogP contribution in [0.4, 0.5) is 0 Å². The Labute approximate surface area is 92.0 Å². The Kier molecular flexibility index (Phi) is 5.65. The quantitative estimate of drug-likeness (QED) is 0.729. The molecule has 1 fully saturated rings. The molecule has 1 rings (SSSR count). The summed E-state index contributed by atoms with van der Waals surface area (Å²) >= 11 is 0. The van der Waals surface area contributed by atoms with Crippen molar-refractivity contribution in [1.29, 1.82) is 0 Å². The predicted molar refractivity (Wildman–Crippen MR) is 59.8 cm³/mol. The summed E-state index contributed by atoms with van der Waals surface area (Å²) in [5.41, 5.74) is 0. The van der Waals surface area contributed by atoms with Crippen molar-refractivity contribution in [2.45, 2.75) is 32.8 Å². The molecule has 4 heteroatoms. The van der Waals surface area contributed by atoms with Gasteiger partial charge in [-0.05, 0) is 33.2 Å². The first-order chi connectivity index (χ1) is 7.27. The van der Waals surface area contributed by atoms with E-state index in [0.29, 0.717) is 0 Å². The first-order valence-corrected chi connectivity index (χ1v) is 5.88. The molecule has 15 heavy (non-hydrogen) atoms. The summed E-state index contributed by atoms with van der Waals surface area (Å²) in [7, 11) is 0. The molecule has 88 valence electrons. The predicted octanol–water partition coefficient (Wildman–Crippen LogP) is 0.623. The Morgan fingerprint density at radius 2 is 2.20 bits per heavy atom. The van der Waals surface area contributed by atoms with Crippen molar-refractivity contribution in [3.8, 4) is 0 Å². The number of amides is 1. The second-order valence-electron chi connectivity index (χ2n) is 3.85. The number of piperidine rings is 1. The third-order valence-electron chi connectivity index (χ3n) is 2.81. The van der Waals surface area contributed by atoms with Gasteiger partial charge in [0, 0.05) is 19.6 Å². The summed E-state index contributed by atoms with van der Waals surface area (Å²) < 4.78 is 5.58. The number of likely N-dealkylation sites (N-methyl/N-ethyl adjacent to an activating group) is 1. The van der Waals surface area contributed by atoms with E-state index in [-0.39, 0.29) is 18.6 Å². The second kappa shape index (κ2) is 6.80. The van der Waals surface area contributed by atoms with Crippen LogP contribution in [-0.4, -0.2) is 49.7 Å². The zero-order valence-corrected chi connectivity index (χ0v) is 9.79. The molecule has 1 heterocycles. The van der Waals surface area contributed by atoms with E-state index in [4.69, 9.17) is 4.74 Å². The molecular weight excluding hydrogens is 192 g/mol. The van der Waals surface area contributed by atoms with Crippen molar-refractivity contribution >= 4 is 5.91 Å². The van der Waals surface area contributed by atoms with Crippen LogP contribution in [0.2, 0.25) is 0 Å². The number of nitrogens with zero attached hydrogens (tertiary/aromatic N) is 1. The summed E-state index contributed by atoms with van der Waals surface area (Å²) in [5, 5.41) is 3.27. The first-order valence-electron chi connectivity index (χ1n) is 5.88. The van der Waals surface area contributed by atoms with Crippen LogP contribution in [0.15, 0.2) is 0 Å². The average Bonchev–Trinajstić information content (AvgIpc) is 2.29. The molecule has 0 spiro atoms. The number of carbonyl (C=O) groups is 1. The van der Waals surface area contributed by atoms with E-state index in [9.17, 15) is 4.79 Å². The van der Waals surface area contributed by atoms with Crippen LogP contribution < -0.4 is 5.32 Å². The fourth-order valence-corrected chi connectivity index (χ4v) is 1.82. The van der Waals surface area contributed by atoms with Crippen LogP contribution in [-0.2, 0) is 9.53 Å². The Bertz CT molecular complexity index is 187. The fourth-order valence-electron chi connectivity index (χ4n) is 1.82. The number of nitrogens with one attached hydrogen (secondary N) is 1. The molecule has 1 saturated heterocycles. The Morgan fingerprint density at radius 1 is 1.47 bits per heavy atom. The molecule has 1 aliphatic rings. The third-order valence-corrected chi connectivity index (χ3v) is 2.81. The largest absolute Gasteiger partial charge is 0.367 e. The molecule has 4 nitrogen and oxygen atoms in total. The van der Waals surface area contributed by atoms with E-state index in [0.717, 1.165) is 39.0 Å². The van der Waals surface area contributed by atoms with Crippen LogP contribution in [0.1, 0.15) is 26.7 Å². The van der Waals surface area contributed by atoms with Crippen LogP contribution in [0, 0.1) is 0 Å². The zero-order chi connectivity index (χ0) is 11.1. The molecular formula is C11H22N2O2. The van der Waals surface area contributed by atoms with Gasteiger partial charge in [0.15, 0.2) is 0 Å². The van der Waals surface area contributed by atoms with E-state index >= 15 is 0 Å². The van der Waals surface area contributed by atoms with E-state index in [1.54, 1.807) is 4.90 Å². The van der Waals surface area contributed by atoms with Crippen LogP contribution >= 0.6 is 0 Å². The maximum Gasteiger partial charge on any atom is 0.248 e. The second-order valence-corrected chi connectivity index (χ2v) is 3.85. The number of hydrogen-bond acceptors (Lipinski definition) is 3. The Balaban J connectivity index is 2.20. The molecule has 0 radical (unpaired) electrons. The van der Waals surface area contributed by atoms with Crippen LogP contribution in [0.25, 0.3) is 0 Å². The maximum atomic E-state index is 11.6. The van der Waals surface area contributed by atoms with Crippen molar-refractivity contribution in [2.24, 2.45) is 0 Å². The molecule has 0 aromatic heterocycles. The van der Waals surface area contributed by atoms with Crippen LogP contribution in [0.3, 0.4) is 0 Å². The third kappa shape index (κ3) is 4.18. The number of ether oxygens (including phenoxy) is 1. The Morgan fingerprint density at radius 3 is 2.73 bits per heavy atom. The first kappa shape index (κ1) is 12.5. The van der Waals surface area contributed by atoms with Gasteiger partial charge in [0.05, 0.1) is 6.10 Å². The number of hydrogen-bond donors (Lipinski definition) is 1. The molecule has 0 aliphatic carbocycles. The van der Waals surface area contributed by atoms with E-state index < -0.39 is 0 Å². The highest BCUT2D eigenvalue weighted by Crippen LogP contribution is 2.06. The van der Waals surface area contributed by atoms with Crippen molar-refractivity contribution in [2.75, 3.05) is 32.8 Å². The smallest absolute Gasteiger partial charge is 0.248 e. The van der Waals surface area contributed by atoms with E-state index in [1.807, 2.05) is 13.8 Å². The minimum Gasteiger partial charge on any atom is -0.367 e. The monoisotopic (exact) mass is 214 g/mol. The van der Waals surface area contributed by atoms with Gasteiger partial charge in [-0.25, -0.2) is 0 Å². The summed E-state index contributed by atoms with van der Waals surface area (Å²) in [6.45, 7) is 7.69. The van der Waals surface area contributed by atoms with Crippen molar-refractivity contribution in [3.63, 3.8) is 0 Å². The maximum absolute atomic E-state index is 11.6. The highest BCUT2D eigenvalue weighted by atomic mass is 16.5. The molecule has 1 aliphatic heterocycles. The highest BCUT2D eigenvalue weighted by molar-refractivity contribution is 5.77. The van der Waals surface area contributed by atoms with Gasteiger partial charge >= 0.3 is 0 Å². The van der Waals surface area contributed by atoms with E-state index in [1.165, 1.54) is 0 Å². The van der Waals surface area contributed by atoms with Gasteiger partial charge in [-0.1, -0.05) is 0 Å². The molecule has 1 amide bonds. The number of carbonyl (C=O) groups excluding carboxylic acids is 1. The van der Waals surface area contributed by atoms with Gasteiger partial charge in [-0.15, -0.1) is 0 Å². The van der Waals surface area contributed by atoms with Crippen molar-refractivity contribution < 1.29 is 9.53 Å². The van der Waals surface area contributed by atoms with Crippen molar-refractivity contribution in [1.82, 2.24) is 10.2 Å². The molecule has 0 saturated carbocycles. The van der Waals surface area contributed by atoms with Gasteiger partial charge in [-0.2, -0.15) is 0 Å². The lowest BCUT2D eigenvalue weighted by Gasteiger charge is -2.24. The van der Waals surface area contributed by atoms with Gasteiger partial charge in [-0.3, -0.25) is 4.79 Å². The highest BCUT2D eigenvalue weighted by Gasteiger charge is 2.16. The molecule has 1 N–H and O–H groups in total. The molecule has 0 aromatic carbocycles. The lowest BCUT2D eigenvalue weighted by Crippen LogP contribution is -2.39. The SMILES string of the molecule is CCN(CC)C(=O)CO[C@H]1CCCNC1. The normalized spacial score (nSPS) is 21.3. The standard InChI is InChI=1S/C11H22N2O2/c1-3-13(4-2)11(14)9-15-10-6-5-7-12-8-10/h10,12H,3-9H2,1-2H3/t10-/m0/s1.